The molecule has 0 aromatic rings. The van der Waals surface area contributed by atoms with Crippen molar-refractivity contribution in [2.24, 2.45) is 0 Å². The summed E-state index contributed by atoms with van der Waals surface area (Å²) >= 11 is -7.22. The Morgan fingerprint density at radius 1 is 0.714 bits per heavy atom. The summed E-state index contributed by atoms with van der Waals surface area (Å²) in [5, 5.41) is 33.6. The van der Waals surface area contributed by atoms with Crippen molar-refractivity contribution in [3.8, 4) is 0 Å². The summed E-state index contributed by atoms with van der Waals surface area (Å²) < 4.78 is -10.1. The molecule has 0 heterocycles. The Balaban J connectivity index is 6.18. The first-order chi connectivity index (χ1) is 6.10. The number of carboxylic acid groups (broad SMARTS) is 4. The van der Waals surface area contributed by atoms with Gasteiger partial charge in [-0.1, -0.05) is 0 Å². The van der Waals surface area contributed by atoms with Crippen LogP contribution in [0.3, 0.4) is 0 Å². The molecule has 0 aromatic heterocycles. The molecule has 0 saturated heterocycles. The molecule has 4 N–H and O–H groups in total. The fourth-order valence-corrected chi connectivity index (χ4v) is 2.26. The van der Waals surface area contributed by atoms with Crippen molar-refractivity contribution >= 4 is 26.4 Å². The Morgan fingerprint density at radius 3 is 0.857 bits per heavy atom. The van der Waals surface area contributed by atoms with E-state index in [4.69, 9.17) is 29.7 Å². The second kappa shape index (κ2) is 3.23. The molecule has 0 aliphatic heterocycles. The van der Waals surface area contributed by atoms with Crippen molar-refractivity contribution in [2.45, 2.75) is 0 Å². The summed E-state index contributed by atoms with van der Waals surface area (Å²) in [5.74, 6) is 0. The van der Waals surface area contributed by atoms with Crippen LogP contribution < -0.4 is 0 Å². The van der Waals surface area contributed by atoms with E-state index >= 15 is 0 Å². The van der Waals surface area contributed by atoms with Crippen LogP contribution >= 0.6 is 9.30 Å². The van der Waals surface area contributed by atoms with Crippen molar-refractivity contribution < 1.29 is 53.8 Å². The van der Waals surface area contributed by atoms with Gasteiger partial charge in [0.15, 0.2) is 0 Å². The number of rotatable bonds is 4. The van der Waals surface area contributed by atoms with E-state index in [0.29, 0.717) is 0 Å². The maximum atomic E-state index is 10.5. The van der Waals surface area contributed by atoms with Gasteiger partial charge in [-0.15, -0.1) is 0 Å². The third kappa shape index (κ3) is 1.11. The third-order valence-corrected chi connectivity index (χ3v) is 9.29. The van der Waals surface area contributed by atoms with Crippen molar-refractivity contribution in [2.75, 3.05) is 0 Å². The first kappa shape index (κ1) is 12.9. The van der Waals surface area contributed by atoms with E-state index in [1.165, 1.54) is 0 Å². The van der Waals surface area contributed by atoms with E-state index in [9.17, 15) is 19.2 Å². The summed E-state index contributed by atoms with van der Waals surface area (Å²) in [6.07, 6.45) is 0. The van der Waals surface area contributed by atoms with Crippen molar-refractivity contribution in [3.63, 3.8) is 0 Å². The standard InChI is InChI=1S/4CHO2.ClH.Ti/c4*2-1-3;;/h4*(H,2,3);1H;/q;;;;;+1/p-1. The molecule has 0 rings (SSSR count). The first-order valence-electron chi connectivity index (χ1n) is 2.90. The molecule has 0 aliphatic carbocycles. The van der Waals surface area contributed by atoms with Crippen LogP contribution in [0.5, 0.6) is 0 Å². The molecule has 8 nitrogen and oxygen atoms in total. The van der Waals surface area contributed by atoms with Gasteiger partial charge >= 0.3 is 80.3 Å². The monoisotopic (exact) mass is 263 g/mol. The van der Waals surface area contributed by atoms with E-state index in [2.05, 4.69) is 0 Å². The maximum absolute atomic E-state index is 10.5. The van der Waals surface area contributed by atoms with Gasteiger partial charge in [-0.25, -0.2) is 0 Å². The Bertz CT molecular complexity index is 280. The van der Waals surface area contributed by atoms with Crippen LogP contribution in [0.1, 0.15) is 0 Å². The van der Waals surface area contributed by atoms with E-state index in [1.54, 1.807) is 0 Å². The molecule has 0 saturated carbocycles. The van der Waals surface area contributed by atoms with Gasteiger partial charge < -0.3 is 0 Å². The van der Waals surface area contributed by atoms with Crippen LogP contribution in [-0.4, -0.2) is 37.5 Å². The SMILES string of the molecule is O=[C](O)[Ti]([Cl])([C](=O)O)([C](=O)O)[C](=O)O. The van der Waals surface area contributed by atoms with Gasteiger partial charge in [0.05, 0.1) is 0 Å². The summed E-state index contributed by atoms with van der Waals surface area (Å²) in [4.78, 5) is 41.9. The Hall–Kier alpha value is -1.12. The normalized spacial score (nSPS) is 13.6. The number of hydrogen-bond donors (Lipinski definition) is 4. The zero-order chi connectivity index (χ0) is 11.8. The fraction of sp³-hybridized carbons (Fsp3) is 0. The first-order valence-corrected chi connectivity index (χ1v) is 8.17. The summed E-state index contributed by atoms with van der Waals surface area (Å²) in [5.41, 5.74) is 0. The van der Waals surface area contributed by atoms with Gasteiger partial charge in [0, 0.05) is 0 Å². The van der Waals surface area contributed by atoms with Crippen molar-refractivity contribution in [3.05, 3.63) is 0 Å². The summed E-state index contributed by atoms with van der Waals surface area (Å²) in [6, 6.07) is 0. The molecule has 0 spiro atoms. The van der Waals surface area contributed by atoms with Crippen LogP contribution in [-0.2, 0) is 14.2 Å². The molecule has 0 bridgehead atoms. The minimum atomic E-state index is -7.22. The molecule has 0 radical (unpaired) electrons. The van der Waals surface area contributed by atoms with E-state index in [0.717, 1.165) is 0 Å². The fourth-order valence-electron chi connectivity index (χ4n) is 0.549. The zero-order valence-corrected chi connectivity index (χ0v) is 8.62. The van der Waals surface area contributed by atoms with Gasteiger partial charge in [0.25, 0.3) is 0 Å². The number of halogens is 1. The van der Waals surface area contributed by atoms with Gasteiger partial charge in [-0.2, -0.15) is 0 Å². The van der Waals surface area contributed by atoms with Gasteiger partial charge in [0.1, 0.15) is 0 Å². The molecule has 0 fully saturated rings. The molecule has 0 aromatic carbocycles. The quantitative estimate of drug-likeness (QED) is 0.558. The van der Waals surface area contributed by atoms with E-state index < -0.39 is 31.3 Å². The van der Waals surface area contributed by atoms with E-state index in [-0.39, 0.29) is 0 Å². The van der Waals surface area contributed by atoms with Crippen molar-refractivity contribution in [1.82, 2.24) is 0 Å². The van der Waals surface area contributed by atoms with Crippen LogP contribution in [0.25, 0.3) is 0 Å². The topological polar surface area (TPSA) is 149 Å². The predicted molar refractivity (Wildman–Crippen MR) is 38.0 cm³/mol. The third-order valence-electron chi connectivity index (χ3n) is 1.61. The Labute approximate surface area is 80.5 Å². The molecule has 0 atom stereocenters. The second-order valence-corrected chi connectivity index (χ2v) is 11.7. The summed E-state index contributed by atoms with van der Waals surface area (Å²) in [6.45, 7) is 0. The van der Waals surface area contributed by atoms with Crippen LogP contribution in [0.15, 0.2) is 0 Å². The molecule has 79 valence electrons. The van der Waals surface area contributed by atoms with Gasteiger partial charge in [0.2, 0.25) is 0 Å². The molecule has 10 heteroatoms. The van der Waals surface area contributed by atoms with Crippen molar-refractivity contribution in [1.29, 1.82) is 0 Å². The molecule has 0 unspecified atom stereocenters. The summed E-state index contributed by atoms with van der Waals surface area (Å²) in [7, 11) is 4.93. The molecular weight excluding hydrogens is 259 g/mol. The van der Waals surface area contributed by atoms with Crippen LogP contribution in [0, 0.1) is 0 Å². The molecular formula is C4H4ClO8Ti. The number of carbonyl (C=O) groups is 4. The Kier molecular flexibility index (Phi) is 2.97. The zero-order valence-electron chi connectivity index (χ0n) is 6.30. The predicted octanol–water partition coefficient (Wildman–Crippen LogP) is 1.54. The van der Waals surface area contributed by atoms with Crippen LogP contribution in [0.4, 0.5) is 19.2 Å². The average Bonchev–Trinajstić information content (AvgIpc) is 2.00. The number of hydrogen-bond acceptors (Lipinski definition) is 4. The van der Waals surface area contributed by atoms with E-state index in [1.807, 2.05) is 0 Å². The molecule has 0 aliphatic rings. The molecule has 14 heavy (non-hydrogen) atoms. The van der Waals surface area contributed by atoms with Gasteiger partial charge in [-0.05, 0) is 0 Å². The molecule has 0 amide bonds. The Morgan fingerprint density at radius 2 is 0.857 bits per heavy atom. The average molecular weight is 263 g/mol. The second-order valence-electron chi connectivity index (χ2n) is 2.35. The van der Waals surface area contributed by atoms with Crippen LogP contribution in [0.2, 0.25) is 0 Å². The minimum absolute atomic E-state index is 2.52. The van der Waals surface area contributed by atoms with Gasteiger partial charge in [-0.3, -0.25) is 0 Å².